The lowest BCUT2D eigenvalue weighted by atomic mass is 10.2. The topological polar surface area (TPSA) is 28.5 Å². The van der Waals surface area contributed by atoms with E-state index in [1.165, 1.54) is 17.0 Å². The molecule has 0 aliphatic carbocycles. The van der Waals surface area contributed by atoms with Crippen LogP contribution < -0.4 is 9.77 Å². The van der Waals surface area contributed by atoms with Crippen LogP contribution in [0.5, 0.6) is 0 Å². The van der Waals surface area contributed by atoms with Crippen LogP contribution in [-0.4, -0.2) is 42.2 Å². The lowest BCUT2D eigenvalue weighted by molar-refractivity contribution is 0.250. The van der Waals surface area contributed by atoms with E-state index in [9.17, 15) is 4.79 Å². The highest BCUT2D eigenvalue weighted by molar-refractivity contribution is 7.16. The van der Waals surface area contributed by atoms with E-state index in [2.05, 4.69) is 40.1 Å². The average Bonchev–Trinajstić information content (AvgIpc) is 2.97. The minimum atomic E-state index is 0.108. The Hall–Kier alpha value is -1.82. The van der Waals surface area contributed by atoms with Gasteiger partial charge in [0.15, 0.2) is 0 Å². The van der Waals surface area contributed by atoms with Gasteiger partial charge in [-0.25, -0.2) is 0 Å². The summed E-state index contributed by atoms with van der Waals surface area (Å²) in [6.07, 6.45) is 0.986. The third-order valence-corrected chi connectivity index (χ3v) is 6.16. The van der Waals surface area contributed by atoms with Crippen molar-refractivity contribution in [2.24, 2.45) is 0 Å². The van der Waals surface area contributed by atoms with Crippen LogP contribution in [0.4, 0.5) is 5.69 Å². The van der Waals surface area contributed by atoms with E-state index in [1.54, 1.807) is 0 Å². The Morgan fingerprint density at radius 2 is 1.73 bits per heavy atom. The van der Waals surface area contributed by atoms with E-state index < -0.39 is 0 Å². The minimum Gasteiger partial charge on any atom is -0.369 e. The summed E-state index contributed by atoms with van der Waals surface area (Å²) < 4.78 is 2.86. The number of nitrogens with zero attached hydrogens (tertiary/aromatic N) is 3. The fourth-order valence-corrected chi connectivity index (χ4v) is 4.77. The van der Waals surface area contributed by atoms with Gasteiger partial charge in [0.25, 0.3) is 0 Å². The highest BCUT2D eigenvalue weighted by Crippen LogP contribution is 2.22. The smallest absolute Gasteiger partial charge is 0.308 e. The summed E-state index contributed by atoms with van der Waals surface area (Å²) in [7, 11) is 0. The number of para-hydroxylation sites is 1. The quantitative estimate of drug-likeness (QED) is 0.664. The summed E-state index contributed by atoms with van der Waals surface area (Å²) in [6.45, 7) is 6.06. The third kappa shape index (κ3) is 3.80. The molecule has 0 saturated carbocycles. The van der Waals surface area contributed by atoms with Crippen molar-refractivity contribution in [3.05, 3.63) is 63.2 Å². The number of benzene rings is 2. The monoisotopic (exact) mass is 387 g/mol. The molecule has 2 aromatic carbocycles. The van der Waals surface area contributed by atoms with E-state index in [-0.39, 0.29) is 4.87 Å². The van der Waals surface area contributed by atoms with Crippen molar-refractivity contribution in [3.8, 4) is 0 Å². The Labute approximate surface area is 162 Å². The standard InChI is InChI=1S/C20H22ClN3OS/c21-16-7-8-18-19(15-16)26-20(25)24(18)10-4-9-22-11-13-23(14-12-22)17-5-2-1-3-6-17/h1-3,5-8,15H,4,9-14H2. The lowest BCUT2D eigenvalue weighted by Gasteiger charge is -2.36. The zero-order valence-corrected chi connectivity index (χ0v) is 16.2. The number of hydrogen-bond acceptors (Lipinski definition) is 4. The molecule has 26 heavy (non-hydrogen) atoms. The summed E-state index contributed by atoms with van der Waals surface area (Å²) in [5.41, 5.74) is 2.31. The van der Waals surface area contributed by atoms with E-state index >= 15 is 0 Å². The summed E-state index contributed by atoms with van der Waals surface area (Å²) in [4.78, 5) is 17.3. The number of halogens is 1. The predicted octanol–water partition coefficient (Wildman–Crippen LogP) is 3.93. The van der Waals surface area contributed by atoms with Crippen molar-refractivity contribution in [1.29, 1.82) is 0 Å². The molecule has 4 nitrogen and oxygen atoms in total. The van der Waals surface area contributed by atoms with Crippen molar-refractivity contribution >= 4 is 38.8 Å². The van der Waals surface area contributed by atoms with E-state index in [0.29, 0.717) is 5.02 Å². The van der Waals surface area contributed by atoms with Gasteiger partial charge in [-0.3, -0.25) is 14.3 Å². The van der Waals surface area contributed by atoms with Crippen LogP contribution in [0.2, 0.25) is 5.02 Å². The van der Waals surface area contributed by atoms with Crippen LogP contribution in [0, 0.1) is 0 Å². The largest absolute Gasteiger partial charge is 0.369 e. The number of thiazole rings is 1. The summed E-state index contributed by atoms with van der Waals surface area (Å²) in [5.74, 6) is 0. The Bertz CT molecular complexity index is 929. The molecule has 1 aliphatic rings. The van der Waals surface area contributed by atoms with E-state index in [4.69, 9.17) is 11.6 Å². The number of rotatable bonds is 5. The molecule has 0 bridgehead atoms. The SMILES string of the molecule is O=c1sc2cc(Cl)ccc2n1CCCN1CCN(c2ccccc2)CC1. The first-order chi connectivity index (χ1) is 12.7. The van der Waals surface area contributed by atoms with Gasteiger partial charge in [0.05, 0.1) is 10.2 Å². The second-order valence-corrected chi connectivity index (χ2v) is 8.08. The molecule has 2 heterocycles. The third-order valence-electron chi connectivity index (χ3n) is 4.98. The maximum absolute atomic E-state index is 12.3. The van der Waals surface area contributed by atoms with Gasteiger partial charge < -0.3 is 4.90 Å². The Balaban J connectivity index is 1.31. The maximum atomic E-state index is 12.3. The Kier molecular flexibility index (Phi) is 5.29. The molecule has 136 valence electrons. The fourth-order valence-electron chi connectivity index (χ4n) is 3.57. The van der Waals surface area contributed by atoms with Crippen LogP contribution in [0.1, 0.15) is 6.42 Å². The molecule has 1 aromatic heterocycles. The zero-order chi connectivity index (χ0) is 17.9. The van der Waals surface area contributed by atoms with Crippen molar-refractivity contribution in [2.75, 3.05) is 37.6 Å². The fraction of sp³-hybridized carbons (Fsp3) is 0.350. The number of hydrogen-bond donors (Lipinski definition) is 0. The molecular weight excluding hydrogens is 366 g/mol. The van der Waals surface area contributed by atoms with Crippen LogP contribution in [0.25, 0.3) is 10.2 Å². The summed E-state index contributed by atoms with van der Waals surface area (Å²) in [6, 6.07) is 16.3. The number of piperazine rings is 1. The van der Waals surface area contributed by atoms with Crippen LogP contribution in [0.15, 0.2) is 53.3 Å². The number of aromatic nitrogens is 1. The molecule has 1 aliphatic heterocycles. The number of anilines is 1. The van der Waals surface area contributed by atoms with Crippen molar-refractivity contribution < 1.29 is 0 Å². The molecular formula is C20H22ClN3OS. The van der Waals surface area contributed by atoms with Crippen LogP contribution >= 0.6 is 22.9 Å². The zero-order valence-electron chi connectivity index (χ0n) is 14.6. The number of aryl methyl sites for hydroxylation is 1. The summed E-state index contributed by atoms with van der Waals surface area (Å²) in [5, 5.41) is 0.683. The normalized spacial score (nSPS) is 15.7. The first-order valence-corrected chi connectivity index (χ1v) is 10.2. The molecule has 0 N–H and O–H groups in total. The molecule has 0 atom stereocenters. The molecule has 1 saturated heterocycles. The molecule has 6 heteroatoms. The summed E-state index contributed by atoms with van der Waals surface area (Å²) >= 11 is 7.31. The number of fused-ring (bicyclic) bond motifs is 1. The highest BCUT2D eigenvalue weighted by atomic mass is 35.5. The molecule has 4 rings (SSSR count). The van der Waals surface area contributed by atoms with Crippen LogP contribution in [-0.2, 0) is 6.54 Å². The van der Waals surface area contributed by atoms with Crippen LogP contribution in [0.3, 0.4) is 0 Å². The van der Waals surface area contributed by atoms with Gasteiger partial charge in [-0.2, -0.15) is 0 Å². The van der Waals surface area contributed by atoms with E-state index in [1.807, 2.05) is 22.8 Å². The van der Waals surface area contributed by atoms with Gasteiger partial charge >= 0.3 is 4.87 Å². The Morgan fingerprint density at radius 3 is 2.50 bits per heavy atom. The Morgan fingerprint density at radius 1 is 0.962 bits per heavy atom. The predicted molar refractivity (Wildman–Crippen MR) is 111 cm³/mol. The van der Waals surface area contributed by atoms with Gasteiger partial charge in [-0.15, -0.1) is 0 Å². The molecule has 1 fully saturated rings. The minimum absolute atomic E-state index is 0.108. The molecule has 0 radical (unpaired) electrons. The van der Waals surface area contributed by atoms with Gasteiger partial charge in [0, 0.05) is 43.4 Å². The lowest BCUT2D eigenvalue weighted by Crippen LogP contribution is -2.46. The van der Waals surface area contributed by atoms with Crippen molar-refractivity contribution in [1.82, 2.24) is 9.47 Å². The highest BCUT2D eigenvalue weighted by Gasteiger charge is 2.17. The molecule has 0 spiro atoms. The van der Waals surface area contributed by atoms with E-state index in [0.717, 1.165) is 55.9 Å². The second kappa shape index (κ2) is 7.82. The maximum Gasteiger partial charge on any atom is 0.308 e. The first-order valence-electron chi connectivity index (χ1n) is 9.02. The molecule has 3 aromatic rings. The average molecular weight is 388 g/mol. The molecule has 0 unspecified atom stereocenters. The van der Waals surface area contributed by atoms with Crippen molar-refractivity contribution in [3.63, 3.8) is 0 Å². The van der Waals surface area contributed by atoms with Gasteiger partial charge in [-0.1, -0.05) is 41.1 Å². The van der Waals surface area contributed by atoms with Gasteiger partial charge in [0.1, 0.15) is 0 Å². The second-order valence-electron chi connectivity index (χ2n) is 6.65. The van der Waals surface area contributed by atoms with Gasteiger partial charge in [-0.05, 0) is 43.3 Å². The van der Waals surface area contributed by atoms with Crippen molar-refractivity contribution in [2.45, 2.75) is 13.0 Å². The first kappa shape index (κ1) is 17.6. The molecule has 0 amide bonds. The van der Waals surface area contributed by atoms with Gasteiger partial charge in [0.2, 0.25) is 0 Å².